The van der Waals surface area contributed by atoms with Crippen molar-refractivity contribution >= 4 is 27.6 Å². The van der Waals surface area contributed by atoms with Gasteiger partial charge in [-0.1, -0.05) is 56.7 Å². The summed E-state index contributed by atoms with van der Waals surface area (Å²) in [6.07, 6.45) is -1.34. The van der Waals surface area contributed by atoms with Gasteiger partial charge in [0.1, 0.15) is 5.82 Å². The van der Waals surface area contributed by atoms with Gasteiger partial charge in [-0.05, 0) is 93.0 Å². The molecule has 4 aromatic rings. The van der Waals surface area contributed by atoms with Crippen molar-refractivity contribution in [1.29, 1.82) is 0 Å². The van der Waals surface area contributed by atoms with Crippen molar-refractivity contribution in [1.82, 2.24) is 14.1 Å². The fraction of sp³-hybridized carbons (Fsp3) is 0.389. The third-order valence-electron chi connectivity index (χ3n) is 9.21. The molecule has 3 aromatic carbocycles. The number of anilines is 2. The van der Waals surface area contributed by atoms with Gasteiger partial charge in [0.25, 0.3) is 0 Å². The van der Waals surface area contributed by atoms with E-state index in [0.717, 1.165) is 40.7 Å². The summed E-state index contributed by atoms with van der Waals surface area (Å²) in [5, 5.41) is 10.7. The van der Waals surface area contributed by atoms with Crippen LogP contribution in [-0.2, 0) is 28.0 Å². The number of fused-ring (bicyclic) bond motifs is 2. The van der Waals surface area contributed by atoms with Gasteiger partial charge in [0.15, 0.2) is 0 Å². The molecule has 1 aromatic heterocycles. The number of aromatic nitrogens is 2. The molecule has 2 N–H and O–H groups in total. The zero-order chi connectivity index (χ0) is 34.4. The number of rotatable bonds is 7. The first-order valence-electron chi connectivity index (χ1n) is 16.1. The number of carbonyl (C=O) groups excluding carboxylic acids is 1. The lowest BCUT2D eigenvalue weighted by atomic mass is 9.87. The minimum Gasteiger partial charge on any atom is -0.308 e. The Balaban J connectivity index is 1.12. The smallest absolute Gasteiger partial charge is 0.308 e. The van der Waals surface area contributed by atoms with Gasteiger partial charge in [0.2, 0.25) is 10.0 Å². The average molecular weight is 680 g/mol. The first-order valence-corrected chi connectivity index (χ1v) is 17.6. The normalized spacial score (nSPS) is 20.1. The number of nitrogens with one attached hydrogen (secondary N) is 2. The highest BCUT2D eigenvalue weighted by molar-refractivity contribution is 7.89. The summed E-state index contributed by atoms with van der Waals surface area (Å²) in [4.78, 5) is 12.9. The Morgan fingerprint density at radius 1 is 0.896 bits per heavy atom. The van der Waals surface area contributed by atoms with E-state index in [1.807, 2.05) is 61.5 Å². The maximum atomic E-state index is 13.5. The first kappa shape index (κ1) is 33.7. The van der Waals surface area contributed by atoms with Gasteiger partial charge in [-0.2, -0.15) is 22.6 Å². The van der Waals surface area contributed by atoms with Crippen LogP contribution in [0.1, 0.15) is 68.8 Å². The molecule has 2 atom stereocenters. The van der Waals surface area contributed by atoms with E-state index < -0.39 is 27.8 Å². The van der Waals surface area contributed by atoms with Crippen LogP contribution in [0.4, 0.5) is 29.5 Å². The number of hydrogen-bond acceptors (Lipinski definition) is 4. The monoisotopic (exact) mass is 679 g/mol. The van der Waals surface area contributed by atoms with Gasteiger partial charge in [-0.3, -0.25) is 5.32 Å². The van der Waals surface area contributed by atoms with Gasteiger partial charge in [-0.25, -0.2) is 17.9 Å². The van der Waals surface area contributed by atoms with Crippen LogP contribution >= 0.6 is 0 Å². The summed E-state index contributed by atoms with van der Waals surface area (Å²) in [5.74, 6) is 0.735. The summed E-state index contributed by atoms with van der Waals surface area (Å²) in [7, 11) is -4.08. The highest BCUT2D eigenvalue weighted by atomic mass is 32.2. The number of carbonyl (C=O) groups is 1. The molecular weight excluding hydrogens is 639 g/mol. The number of hydrogen-bond donors (Lipinski definition) is 2. The van der Waals surface area contributed by atoms with E-state index in [0.29, 0.717) is 43.6 Å². The number of alkyl halides is 3. The molecule has 2 unspecified atom stereocenters. The van der Waals surface area contributed by atoms with Crippen LogP contribution in [0.3, 0.4) is 0 Å². The molecule has 12 heteroatoms. The van der Waals surface area contributed by atoms with Crippen LogP contribution in [0, 0.1) is 12.8 Å². The van der Waals surface area contributed by atoms with Crippen molar-refractivity contribution < 1.29 is 26.4 Å². The number of benzene rings is 3. The van der Waals surface area contributed by atoms with Gasteiger partial charge >= 0.3 is 12.2 Å². The number of halogens is 3. The Hall–Kier alpha value is -4.16. The first-order chi connectivity index (χ1) is 22.6. The van der Waals surface area contributed by atoms with Crippen molar-refractivity contribution in [2.24, 2.45) is 5.92 Å². The summed E-state index contributed by atoms with van der Waals surface area (Å²) < 4.78 is 70.2. The highest BCUT2D eigenvalue weighted by Crippen LogP contribution is 2.43. The van der Waals surface area contributed by atoms with Crippen molar-refractivity contribution in [3.8, 4) is 5.69 Å². The zero-order valence-corrected chi connectivity index (χ0v) is 28.2. The molecule has 2 saturated heterocycles. The minimum absolute atomic E-state index is 0.194. The quantitative estimate of drug-likeness (QED) is 0.205. The Morgan fingerprint density at radius 3 is 2.21 bits per heavy atom. The van der Waals surface area contributed by atoms with E-state index in [1.165, 1.54) is 10.4 Å². The summed E-state index contributed by atoms with van der Waals surface area (Å²) in [6, 6.07) is 20.4. The van der Waals surface area contributed by atoms with Crippen molar-refractivity contribution in [3.05, 3.63) is 101 Å². The predicted octanol–water partition coefficient (Wildman–Crippen LogP) is 8.32. The minimum atomic E-state index is -4.62. The molecule has 2 aliphatic heterocycles. The number of piperidine rings is 1. The number of nitrogens with zero attached hydrogens (tertiary/aromatic N) is 3. The summed E-state index contributed by atoms with van der Waals surface area (Å²) >= 11 is 0. The molecular formula is C36H40F3N5O3S. The molecule has 6 rings (SSSR count). The molecule has 0 spiro atoms. The third kappa shape index (κ3) is 7.14. The van der Waals surface area contributed by atoms with Crippen molar-refractivity contribution in [3.63, 3.8) is 0 Å². The molecule has 254 valence electrons. The Kier molecular flexibility index (Phi) is 8.93. The zero-order valence-electron chi connectivity index (χ0n) is 27.4. The molecule has 2 aliphatic rings. The second-order valence-corrected chi connectivity index (χ2v) is 15.8. The summed E-state index contributed by atoms with van der Waals surface area (Å²) in [5.41, 5.74) is 3.21. The molecule has 48 heavy (non-hydrogen) atoms. The summed E-state index contributed by atoms with van der Waals surface area (Å²) in [6.45, 7) is 8.20. The van der Waals surface area contributed by atoms with Gasteiger partial charge < -0.3 is 5.32 Å². The molecule has 2 bridgehead atoms. The highest BCUT2D eigenvalue weighted by Gasteiger charge is 2.47. The Morgan fingerprint density at radius 2 is 1.56 bits per heavy atom. The van der Waals surface area contributed by atoms with Crippen LogP contribution in [0.15, 0.2) is 83.8 Å². The number of urea groups is 1. The lowest BCUT2D eigenvalue weighted by Gasteiger charge is -2.38. The molecule has 0 radical (unpaired) electrons. The Bertz CT molecular complexity index is 1900. The molecule has 8 nitrogen and oxygen atoms in total. The Labute approximate surface area is 279 Å². The fourth-order valence-corrected chi connectivity index (χ4v) is 8.81. The second-order valence-electron chi connectivity index (χ2n) is 14.0. The SMILES string of the molecule is Cc1ccc(-n2nc(C(C)(C)C)cc2NC(=O)Nc2cccc(CC3CC4CCC(C3)N4S(=O)(=O)c3cccc(C(F)(F)F)c3)c2)cc1. The van der Waals surface area contributed by atoms with E-state index in [1.54, 1.807) is 4.68 Å². The van der Waals surface area contributed by atoms with Crippen LogP contribution in [-0.4, -0.2) is 40.6 Å². The number of sulfonamides is 1. The van der Waals surface area contributed by atoms with Gasteiger partial charge in [-0.15, -0.1) is 0 Å². The lowest BCUT2D eigenvalue weighted by molar-refractivity contribution is -0.137. The molecule has 3 heterocycles. The lowest BCUT2D eigenvalue weighted by Crippen LogP contribution is -2.46. The average Bonchev–Trinajstić information content (AvgIpc) is 3.56. The van der Waals surface area contributed by atoms with E-state index in [4.69, 9.17) is 5.10 Å². The fourth-order valence-electron chi connectivity index (χ4n) is 6.87. The molecule has 0 saturated carbocycles. The van der Waals surface area contributed by atoms with Gasteiger partial charge in [0, 0.05) is 29.3 Å². The third-order valence-corrected chi connectivity index (χ3v) is 11.2. The van der Waals surface area contributed by atoms with Crippen LogP contribution in [0.25, 0.3) is 5.69 Å². The number of aryl methyl sites for hydroxylation is 1. The maximum absolute atomic E-state index is 13.5. The molecule has 2 amide bonds. The number of amides is 2. The van der Waals surface area contributed by atoms with Gasteiger partial charge in [0.05, 0.1) is 21.8 Å². The largest absolute Gasteiger partial charge is 0.416 e. The topological polar surface area (TPSA) is 96.3 Å². The van der Waals surface area contributed by atoms with Crippen LogP contribution in [0.5, 0.6) is 0 Å². The standard InChI is InChI=1S/C36H40F3N5O3S/c1-23-11-13-28(14-12-23)43-33(22-32(42-43)35(2,3)4)41-34(45)40-27-9-5-7-24(18-27)17-25-19-29-15-16-30(20-25)44(29)48(46,47)31-10-6-8-26(21-31)36(37,38)39/h5-14,18,21-22,25,29-30H,15-17,19-20H2,1-4H3,(H2,40,41,45). The second kappa shape index (κ2) is 12.7. The predicted molar refractivity (Wildman–Crippen MR) is 180 cm³/mol. The van der Waals surface area contributed by atoms with E-state index >= 15 is 0 Å². The van der Waals surface area contributed by atoms with Crippen molar-refractivity contribution in [2.75, 3.05) is 10.6 Å². The molecule has 0 aliphatic carbocycles. The van der Waals surface area contributed by atoms with Crippen molar-refractivity contribution in [2.45, 2.75) is 88.4 Å². The maximum Gasteiger partial charge on any atom is 0.416 e. The van der Waals surface area contributed by atoms with Crippen LogP contribution < -0.4 is 10.6 Å². The van der Waals surface area contributed by atoms with Crippen LogP contribution in [0.2, 0.25) is 0 Å². The van der Waals surface area contributed by atoms with E-state index in [-0.39, 0.29) is 28.3 Å². The van der Waals surface area contributed by atoms with E-state index in [9.17, 15) is 26.4 Å². The molecule has 2 fully saturated rings. The van der Waals surface area contributed by atoms with E-state index in [2.05, 4.69) is 31.4 Å².